The maximum Gasteiger partial charge on any atom is 0.315 e. The van der Waals surface area contributed by atoms with Crippen LogP contribution in [0.5, 0.6) is 0 Å². The lowest BCUT2D eigenvalue weighted by atomic mass is 10.2. The molecule has 1 aliphatic heterocycles. The van der Waals surface area contributed by atoms with E-state index in [0.29, 0.717) is 19.5 Å². The van der Waals surface area contributed by atoms with Crippen LogP contribution in [-0.2, 0) is 4.79 Å². The highest BCUT2D eigenvalue weighted by atomic mass is 16.3. The molecule has 1 atom stereocenters. The third-order valence-electron chi connectivity index (χ3n) is 3.38. The molecule has 1 saturated heterocycles. The molecule has 0 aliphatic carbocycles. The third kappa shape index (κ3) is 4.01. The van der Waals surface area contributed by atoms with Gasteiger partial charge in [-0.05, 0) is 31.9 Å². The molecular formula is C14H21N3O3. The van der Waals surface area contributed by atoms with Gasteiger partial charge >= 0.3 is 6.03 Å². The Morgan fingerprint density at radius 2 is 2.40 bits per heavy atom. The Hall–Kier alpha value is -1.98. The van der Waals surface area contributed by atoms with Gasteiger partial charge in [0.15, 0.2) is 0 Å². The summed E-state index contributed by atoms with van der Waals surface area (Å²) < 4.78 is 5.21. The number of urea groups is 1. The van der Waals surface area contributed by atoms with E-state index in [-0.39, 0.29) is 18.0 Å². The van der Waals surface area contributed by atoms with Gasteiger partial charge in [0.1, 0.15) is 5.76 Å². The lowest BCUT2D eigenvalue weighted by molar-refractivity contribution is -0.127. The van der Waals surface area contributed by atoms with E-state index in [9.17, 15) is 9.59 Å². The summed E-state index contributed by atoms with van der Waals surface area (Å²) in [6, 6.07) is 3.23. The molecule has 0 spiro atoms. The van der Waals surface area contributed by atoms with E-state index in [2.05, 4.69) is 10.6 Å². The first kappa shape index (κ1) is 14.4. The van der Waals surface area contributed by atoms with Gasteiger partial charge in [-0.25, -0.2) is 4.79 Å². The lowest BCUT2D eigenvalue weighted by Gasteiger charge is -2.16. The molecular weight excluding hydrogens is 258 g/mol. The summed E-state index contributed by atoms with van der Waals surface area (Å²) in [5.41, 5.74) is 0. The average Bonchev–Trinajstić information content (AvgIpc) is 3.06. The number of nitrogens with zero attached hydrogens (tertiary/aromatic N) is 1. The number of carbonyl (C=O) groups is 2. The van der Waals surface area contributed by atoms with Crippen LogP contribution >= 0.6 is 0 Å². The summed E-state index contributed by atoms with van der Waals surface area (Å²) in [6.45, 7) is 3.98. The fraction of sp³-hybridized carbons (Fsp3) is 0.571. The van der Waals surface area contributed by atoms with Crippen molar-refractivity contribution < 1.29 is 14.0 Å². The molecule has 2 heterocycles. The fourth-order valence-corrected chi connectivity index (χ4v) is 2.27. The number of carbonyl (C=O) groups excluding carboxylic acids is 2. The summed E-state index contributed by atoms with van der Waals surface area (Å²) >= 11 is 0. The Balaban J connectivity index is 1.59. The smallest absolute Gasteiger partial charge is 0.315 e. The monoisotopic (exact) mass is 279 g/mol. The van der Waals surface area contributed by atoms with Gasteiger partial charge in [0.25, 0.3) is 0 Å². The summed E-state index contributed by atoms with van der Waals surface area (Å²) in [4.78, 5) is 24.9. The van der Waals surface area contributed by atoms with Crippen LogP contribution in [0.4, 0.5) is 4.79 Å². The lowest BCUT2D eigenvalue weighted by Crippen LogP contribution is -2.38. The maximum absolute atomic E-state index is 11.7. The largest absolute Gasteiger partial charge is 0.467 e. The van der Waals surface area contributed by atoms with E-state index in [1.165, 1.54) is 0 Å². The molecule has 2 rings (SSSR count). The molecule has 0 radical (unpaired) electrons. The molecule has 1 aromatic heterocycles. The van der Waals surface area contributed by atoms with Crippen molar-refractivity contribution in [1.82, 2.24) is 15.5 Å². The molecule has 0 saturated carbocycles. The normalized spacial score (nSPS) is 16.2. The van der Waals surface area contributed by atoms with Crippen LogP contribution in [0.1, 0.15) is 38.0 Å². The molecule has 1 fully saturated rings. The van der Waals surface area contributed by atoms with Crippen molar-refractivity contribution >= 4 is 11.9 Å². The van der Waals surface area contributed by atoms with Crippen LogP contribution in [0.3, 0.4) is 0 Å². The van der Waals surface area contributed by atoms with Gasteiger partial charge in [0.05, 0.1) is 12.3 Å². The minimum absolute atomic E-state index is 0.162. The van der Waals surface area contributed by atoms with Gasteiger partial charge in [0, 0.05) is 26.1 Å². The van der Waals surface area contributed by atoms with Crippen LogP contribution in [0.15, 0.2) is 22.8 Å². The predicted octanol–water partition coefficient (Wildman–Crippen LogP) is 1.65. The van der Waals surface area contributed by atoms with Crippen molar-refractivity contribution in [3.63, 3.8) is 0 Å². The Morgan fingerprint density at radius 1 is 1.55 bits per heavy atom. The number of nitrogens with one attached hydrogen (secondary N) is 2. The van der Waals surface area contributed by atoms with Crippen LogP contribution < -0.4 is 10.6 Å². The zero-order chi connectivity index (χ0) is 14.4. The molecule has 6 nitrogen and oxygen atoms in total. The molecule has 2 N–H and O–H groups in total. The highest BCUT2D eigenvalue weighted by Crippen LogP contribution is 2.11. The average molecular weight is 279 g/mol. The first-order valence-electron chi connectivity index (χ1n) is 7.02. The van der Waals surface area contributed by atoms with E-state index >= 15 is 0 Å². The SMILES string of the molecule is C[C@H](NC(=O)NCCCN1CCCC1=O)c1ccco1. The first-order valence-corrected chi connectivity index (χ1v) is 7.02. The molecule has 1 aliphatic rings. The van der Waals surface area contributed by atoms with E-state index < -0.39 is 0 Å². The Morgan fingerprint density at radius 3 is 3.05 bits per heavy atom. The number of hydrogen-bond acceptors (Lipinski definition) is 3. The van der Waals surface area contributed by atoms with Gasteiger partial charge in [-0.2, -0.15) is 0 Å². The van der Waals surface area contributed by atoms with Gasteiger partial charge in [-0.15, -0.1) is 0 Å². The molecule has 3 amide bonds. The van der Waals surface area contributed by atoms with Crippen LogP contribution in [0.25, 0.3) is 0 Å². The molecule has 20 heavy (non-hydrogen) atoms. The summed E-state index contributed by atoms with van der Waals surface area (Å²) in [7, 11) is 0. The van der Waals surface area contributed by atoms with Crippen LogP contribution in [0.2, 0.25) is 0 Å². The molecule has 110 valence electrons. The highest BCUT2D eigenvalue weighted by Gasteiger charge is 2.19. The second-order valence-corrected chi connectivity index (χ2v) is 4.98. The minimum atomic E-state index is -0.221. The number of hydrogen-bond donors (Lipinski definition) is 2. The van der Waals surface area contributed by atoms with Crippen LogP contribution in [-0.4, -0.2) is 36.5 Å². The molecule has 0 unspecified atom stereocenters. The Bertz CT molecular complexity index is 445. The van der Waals surface area contributed by atoms with Gasteiger partial charge in [0.2, 0.25) is 5.91 Å². The second kappa shape index (κ2) is 6.98. The number of rotatable bonds is 6. The van der Waals surface area contributed by atoms with E-state index in [1.807, 2.05) is 17.9 Å². The van der Waals surface area contributed by atoms with E-state index in [1.54, 1.807) is 12.3 Å². The number of amides is 3. The molecule has 1 aromatic rings. The van der Waals surface area contributed by atoms with E-state index in [0.717, 1.165) is 25.1 Å². The van der Waals surface area contributed by atoms with Crippen LogP contribution in [0, 0.1) is 0 Å². The van der Waals surface area contributed by atoms with E-state index in [4.69, 9.17) is 4.42 Å². The topological polar surface area (TPSA) is 74.6 Å². The van der Waals surface area contributed by atoms with Crippen molar-refractivity contribution in [3.05, 3.63) is 24.2 Å². The van der Waals surface area contributed by atoms with Gasteiger partial charge in [-0.3, -0.25) is 4.79 Å². The third-order valence-corrected chi connectivity index (χ3v) is 3.38. The van der Waals surface area contributed by atoms with Crippen molar-refractivity contribution in [2.45, 2.75) is 32.2 Å². The number of likely N-dealkylation sites (tertiary alicyclic amines) is 1. The van der Waals surface area contributed by atoms with Crippen molar-refractivity contribution in [2.24, 2.45) is 0 Å². The zero-order valence-electron chi connectivity index (χ0n) is 11.7. The molecule has 0 aromatic carbocycles. The fourth-order valence-electron chi connectivity index (χ4n) is 2.27. The summed E-state index contributed by atoms with van der Waals surface area (Å²) in [5, 5.41) is 5.58. The predicted molar refractivity (Wildman–Crippen MR) is 74.1 cm³/mol. The maximum atomic E-state index is 11.7. The summed E-state index contributed by atoms with van der Waals surface area (Å²) in [6.07, 6.45) is 3.97. The van der Waals surface area contributed by atoms with Gasteiger partial charge < -0.3 is 20.0 Å². The highest BCUT2D eigenvalue weighted by molar-refractivity contribution is 5.78. The van der Waals surface area contributed by atoms with Crippen molar-refractivity contribution in [2.75, 3.05) is 19.6 Å². The minimum Gasteiger partial charge on any atom is -0.467 e. The first-order chi connectivity index (χ1) is 9.66. The van der Waals surface area contributed by atoms with Crippen molar-refractivity contribution in [1.29, 1.82) is 0 Å². The summed E-state index contributed by atoms with van der Waals surface area (Å²) in [5.74, 6) is 0.948. The Labute approximate surface area is 118 Å². The zero-order valence-corrected chi connectivity index (χ0v) is 11.7. The quantitative estimate of drug-likeness (QED) is 0.778. The second-order valence-electron chi connectivity index (χ2n) is 4.98. The van der Waals surface area contributed by atoms with Crippen molar-refractivity contribution in [3.8, 4) is 0 Å². The number of furan rings is 1. The Kier molecular flexibility index (Phi) is 5.03. The van der Waals surface area contributed by atoms with Gasteiger partial charge in [-0.1, -0.05) is 0 Å². The standard InChI is InChI=1S/C14H21N3O3/c1-11(12-5-3-10-20-12)16-14(19)15-7-4-9-17-8-2-6-13(17)18/h3,5,10-11H,2,4,6-9H2,1H3,(H2,15,16,19)/t11-/m0/s1. The molecule has 6 heteroatoms. The molecule has 0 bridgehead atoms.